The van der Waals surface area contributed by atoms with Crippen LogP contribution < -0.4 is 0 Å². The first-order valence-electron chi connectivity index (χ1n) is 9.20. The molecule has 3 aromatic carbocycles. The van der Waals surface area contributed by atoms with E-state index in [0.29, 0.717) is 37.3 Å². The highest BCUT2D eigenvalue weighted by Crippen LogP contribution is 2.38. The molecule has 0 aliphatic heterocycles. The molecule has 0 fully saturated rings. The zero-order valence-corrected chi connectivity index (χ0v) is 19.6. The van der Waals surface area contributed by atoms with E-state index < -0.39 is 15.7 Å². The molecule has 0 N–H and O–H groups in total. The van der Waals surface area contributed by atoms with Crippen LogP contribution in [0.5, 0.6) is 0 Å². The summed E-state index contributed by atoms with van der Waals surface area (Å²) in [5.74, 6) is -0.755. The lowest BCUT2D eigenvalue weighted by Crippen LogP contribution is -2.00. The molecule has 0 aliphatic carbocycles. The second kappa shape index (κ2) is 8.75. The molecular formula is C23H14Cl2FNO3S2. The summed E-state index contributed by atoms with van der Waals surface area (Å²) < 4.78 is 37.0. The van der Waals surface area contributed by atoms with Crippen LogP contribution in [-0.2, 0) is 9.84 Å². The summed E-state index contributed by atoms with van der Waals surface area (Å²) in [7, 11) is -3.35. The van der Waals surface area contributed by atoms with Gasteiger partial charge in [-0.05, 0) is 60.2 Å². The van der Waals surface area contributed by atoms with E-state index in [0.717, 1.165) is 17.6 Å². The molecule has 9 heteroatoms. The van der Waals surface area contributed by atoms with Crippen LogP contribution in [0.1, 0.15) is 15.4 Å². The van der Waals surface area contributed by atoms with Crippen LogP contribution in [0.2, 0.25) is 10.0 Å². The van der Waals surface area contributed by atoms with E-state index >= 15 is 0 Å². The van der Waals surface area contributed by atoms with Gasteiger partial charge in [0.15, 0.2) is 14.8 Å². The molecule has 4 aromatic rings. The van der Waals surface area contributed by atoms with Gasteiger partial charge in [-0.3, -0.25) is 4.79 Å². The number of carbonyl (C=O) groups is 1. The van der Waals surface area contributed by atoms with Gasteiger partial charge < -0.3 is 0 Å². The SMILES string of the molecule is CS(=O)(=O)c1ccc(-c2sc(C(=O)c3cc(Cl)cc(Cl)c3)nc2-c2ccc(F)cc2)cc1. The third-order valence-electron chi connectivity index (χ3n) is 4.61. The average Bonchev–Trinajstić information content (AvgIpc) is 3.18. The molecule has 32 heavy (non-hydrogen) atoms. The van der Waals surface area contributed by atoms with Crippen molar-refractivity contribution in [2.45, 2.75) is 4.90 Å². The Hall–Kier alpha value is -2.58. The van der Waals surface area contributed by atoms with Crippen LogP contribution >= 0.6 is 34.5 Å². The van der Waals surface area contributed by atoms with Crippen LogP contribution in [0.15, 0.2) is 71.6 Å². The van der Waals surface area contributed by atoms with Gasteiger partial charge in [-0.1, -0.05) is 35.3 Å². The van der Waals surface area contributed by atoms with Crippen molar-refractivity contribution in [1.82, 2.24) is 4.98 Å². The molecular weight excluding hydrogens is 492 g/mol. The van der Waals surface area contributed by atoms with Crippen molar-refractivity contribution < 1.29 is 17.6 Å². The summed E-state index contributed by atoms with van der Waals surface area (Å²) in [6, 6.07) is 16.6. The molecule has 0 saturated heterocycles. The third-order valence-corrected chi connectivity index (χ3v) is 7.28. The summed E-state index contributed by atoms with van der Waals surface area (Å²) in [4.78, 5) is 18.5. The molecule has 0 radical (unpaired) electrons. The summed E-state index contributed by atoms with van der Waals surface area (Å²) in [6.07, 6.45) is 1.13. The molecule has 4 rings (SSSR count). The zero-order chi connectivity index (χ0) is 23.0. The fraction of sp³-hybridized carbons (Fsp3) is 0.0435. The Bertz CT molecular complexity index is 1410. The fourth-order valence-corrected chi connectivity index (χ4v) is 5.29. The van der Waals surface area contributed by atoms with Crippen molar-refractivity contribution in [1.29, 1.82) is 0 Å². The Morgan fingerprint density at radius 1 is 0.906 bits per heavy atom. The number of sulfone groups is 1. The largest absolute Gasteiger partial charge is 0.286 e. The lowest BCUT2D eigenvalue weighted by molar-refractivity contribution is 0.103. The van der Waals surface area contributed by atoms with Gasteiger partial charge in [-0.2, -0.15) is 0 Å². The Morgan fingerprint density at radius 3 is 2.03 bits per heavy atom. The van der Waals surface area contributed by atoms with Crippen LogP contribution in [-0.4, -0.2) is 25.4 Å². The van der Waals surface area contributed by atoms with Crippen LogP contribution in [0.4, 0.5) is 4.39 Å². The average molecular weight is 506 g/mol. The zero-order valence-electron chi connectivity index (χ0n) is 16.5. The molecule has 0 saturated carbocycles. The molecule has 4 nitrogen and oxygen atoms in total. The lowest BCUT2D eigenvalue weighted by Gasteiger charge is -2.04. The van der Waals surface area contributed by atoms with Gasteiger partial charge in [0, 0.05) is 27.4 Å². The third kappa shape index (κ3) is 4.76. The minimum absolute atomic E-state index is 0.180. The maximum absolute atomic E-state index is 13.5. The maximum Gasteiger partial charge on any atom is 0.221 e. The number of nitrogens with zero attached hydrogens (tertiary/aromatic N) is 1. The molecule has 0 aliphatic rings. The van der Waals surface area contributed by atoms with Crippen molar-refractivity contribution in [3.05, 3.63) is 93.2 Å². The predicted octanol–water partition coefficient (Wildman–Crippen LogP) is 6.56. The molecule has 1 heterocycles. The van der Waals surface area contributed by atoms with E-state index in [1.165, 1.54) is 42.5 Å². The number of hydrogen-bond donors (Lipinski definition) is 0. The van der Waals surface area contributed by atoms with Crippen LogP contribution in [0, 0.1) is 5.82 Å². The summed E-state index contributed by atoms with van der Waals surface area (Å²) in [5.41, 5.74) is 2.07. The molecule has 0 spiro atoms. The van der Waals surface area contributed by atoms with Gasteiger partial charge in [0.05, 0.1) is 15.5 Å². The first-order chi connectivity index (χ1) is 15.1. The fourth-order valence-electron chi connectivity index (χ4n) is 3.08. The van der Waals surface area contributed by atoms with E-state index in [1.807, 2.05) is 0 Å². The normalized spacial score (nSPS) is 11.5. The lowest BCUT2D eigenvalue weighted by atomic mass is 10.1. The highest BCUT2D eigenvalue weighted by atomic mass is 35.5. The first-order valence-corrected chi connectivity index (χ1v) is 12.7. The predicted molar refractivity (Wildman–Crippen MR) is 126 cm³/mol. The minimum Gasteiger partial charge on any atom is -0.286 e. The smallest absolute Gasteiger partial charge is 0.221 e. The second-order valence-electron chi connectivity index (χ2n) is 6.99. The standard InChI is InChI=1S/C23H14Cl2FNO3S2/c1-32(29,30)19-8-4-14(5-9-19)22-20(13-2-6-18(26)7-3-13)27-23(31-22)21(28)15-10-16(24)12-17(25)11-15/h2-12H,1H3. The number of aromatic nitrogens is 1. The molecule has 0 unspecified atom stereocenters. The number of rotatable bonds is 5. The van der Waals surface area contributed by atoms with Gasteiger partial charge in [0.25, 0.3) is 0 Å². The van der Waals surface area contributed by atoms with Gasteiger partial charge in [0.2, 0.25) is 5.78 Å². The Balaban J connectivity index is 1.85. The van der Waals surface area contributed by atoms with E-state index in [1.54, 1.807) is 24.3 Å². The van der Waals surface area contributed by atoms with E-state index in [-0.39, 0.29) is 15.7 Å². The van der Waals surface area contributed by atoms with Crippen molar-refractivity contribution in [2.75, 3.05) is 6.26 Å². The summed E-state index contributed by atoms with van der Waals surface area (Å²) >= 11 is 13.2. The van der Waals surface area contributed by atoms with Crippen molar-refractivity contribution in [2.24, 2.45) is 0 Å². The number of carbonyl (C=O) groups excluding carboxylic acids is 1. The van der Waals surface area contributed by atoms with Crippen molar-refractivity contribution in [3.63, 3.8) is 0 Å². The van der Waals surface area contributed by atoms with Gasteiger partial charge in [-0.15, -0.1) is 11.3 Å². The molecule has 162 valence electrons. The highest BCUT2D eigenvalue weighted by molar-refractivity contribution is 7.90. The monoisotopic (exact) mass is 505 g/mol. The van der Waals surface area contributed by atoms with Crippen LogP contribution in [0.3, 0.4) is 0 Å². The molecule has 0 amide bonds. The summed E-state index contributed by atoms with van der Waals surface area (Å²) in [6.45, 7) is 0. The quantitative estimate of drug-likeness (QED) is 0.288. The number of benzene rings is 3. The number of ketones is 1. The first kappa shape index (κ1) is 22.6. The second-order valence-corrected chi connectivity index (χ2v) is 10.9. The van der Waals surface area contributed by atoms with E-state index in [9.17, 15) is 17.6 Å². The Morgan fingerprint density at radius 2 is 1.47 bits per heavy atom. The maximum atomic E-state index is 13.5. The van der Waals surface area contributed by atoms with E-state index in [2.05, 4.69) is 4.98 Å². The number of thiazole rings is 1. The molecule has 0 atom stereocenters. The number of hydrogen-bond acceptors (Lipinski definition) is 5. The molecule has 1 aromatic heterocycles. The highest BCUT2D eigenvalue weighted by Gasteiger charge is 2.21. The minimum atomic E-state index is -3.35. The van der Waals surface area contributed by atoms with Gasteiger partial charge in [0.1, 0.15) is 5.82 Å². The Labute approximate surface area is 198 Å². The van der Waals surface area contributed by atoms with E-state index in [4.69, 9.17) is 23.2 Å². The van der Waals surface area contributed by atoms with Crippen LogP contribution in [0.25, 0.3) is 21.7 Å². The topological polar surface area (TPSA) is 64.1 Å². The van der Waals surface area contributed by atoms with Crippen molar-refractivity contribution in [3.8, 4) is 21.7 Å². The summed E-state index contributed by atoms with van der Waals surface area (Å²) in [5, 5.41) is 0.852. The van der Waals surface area contributed by atoms with Gasteiger partial charge >= 0.3 is 0 Å². The van der Waals surface area contributed by atoms with Crippen molar-refractivity contribution >= 4 is 50.2 Å². The number of halogens is 3. The molecule has 0 bridgehead atoms. The van der Waals surface area contributed by atoms with Gasteiger partial charge in [-0.25, -0.2) is 17.8 Å². The Kier molecular flexibility index (Phi) is 6.18.